The fraction of sp³-hybridized carbons (Fsp3) is 0.125. The normalized spacial score (nSPS) is 9.90. The predicted molar refractivity (Wildman–Crippen MR) is 74.2 cm³/mol. The van der Waals surface area contributed by atoms with Crippen molar-refractivity contribution in [3.05, 3.63) is 59.7 Å². The van der Waals surface area contributed by atoms with Crippen molar-refractivity contribution >= 4 is 11.8 Å². The molecule has 0 aliphatic rings. The fourth-order valence-electron chi connectivity index (χ4n) is 1.78. The zero-order valence-electron chi connectivity index (χ0n) is 11.3. The van der Waals surface area contributed by atoms with E-state index in [4.69, 9.17) is 9.47 Å². The Bertz CT molecular complexity index is 629. The second-order valence-corrected chi connectivity index (χ2v) is 4.18. The molecule has 4 heteroatoms. The molecule has 0 N–H and O–H groups in total. The average molecular weight is 270 g/mol. The summed E-state index contributed by atoms with van der Waals surface area (Å²) in [5, 5.41) is 0. The molecule has 2 rings (SSSR count). The van der Waals surface area contributed by atoms with Gasteiger partial charge in [0.25, 0.3) is 0 Å². The zero-order valence-corrected chi connectivity index (χ0v) is 11.3. The molecule has 0 atom stereocenters. The van der Waals surface area contributed by atoms with E-state index in [0.29, 0.717) is 22.6 Å². The SMILES string of the molecule is COc1ccc(C(=O)c2cccc(OC(C)=O)c2)cc1. The molecule has 0 spiro atoms. The van der Waals surface area contributed by atoms with E-state index in [-0.39, 0.29) is 5.78 Å². The zero-order chi connectivity index (χ0) is 14.5. The van der Waals surface area contributed by atoms with Gasteiger partial charge in [-0.1, -0.05) is 12.1 Å². The third-order valence-electron chi connectivity index (χ3n) is 2.71. The van der Waals surface area contributed by atoms with E-state index in [0.717, 1.165) is 0 Å². The topological polar surface area (TPSA) is 52.6 Å². The molecule has 0 amide bonds. The second kappa shape index (κ2) is 6.02. The molecule has 20 heavy (non-hydrogen) atoms. The van der Waals surface area contributed by atoms with Crippen LogP contribution in [0.25, 0.3) is 0 Å². The van der Waals surface area contributed by atoms with Gasteiger partial charge in [0, 0.05) is 18.1 Å². The van der Waals surface area contributed by atoms with Crippen LogP contribution in [0.2, 0.25) is 0 Å². The Hall–Kier alpha value is -2.62. The van der Waals surface area contributed by atoms with Crippen LogP contribution in [-0.4, -0.2) is 18.9 Å². The van der Waals surface area contributed by atoms with E-state index in [1.165, 1.54) is 6.92 Å². The Morgan fingerprint density at radius 2 is 1.60 bits per heavy atom. The van der Waals surface area contributed by atoms with Gasteiger partial charge in [-0.3, -0.25) is 9.59 Å². The standard InChI is InChI=1S/C16H14O4/c1-11(17)20-15-5-3-4-13(10-15)16(18)12-6-8-14(19-2)9-7-12/h3-10H,1-2H3. The highest BCUT2D eigenvalue weighted by Gasteiger charge is 2.10. The fourth-order valence-corrected chi connectivity index (χ4v) is 1.78. The number of ether oxygens (including phenoxy) is 2. The number of hydrogen-bond donors (Lipinski definition) is 0. The van der Waals surface area contributed by atoms with E-state index in [9.17, 15) is 9.59 Å². The van der Waals surface area contributed by atoms with Gasteiger partial charge >= 0.3 is 5.97 Å². The molecule has 0 radical (unpaired) electrons. The number of carbonyl (C=O) groups is 2. The summed E-state index contributed by atoms with van der Waals surface area (Å²) in [6.07, 6.45) is 0. The lowest BCUT2D eigenvalue weighted by Crippen LogP contribution is -2.04. The Morgan fingerprint density at radius 1 is 0.900 bits per heavy atom. The van der Waals surface area contributed by atoms with Crippen molar-refractivity contribution in [1.82, 2.24) is 0 Å². The molecule has 0 aliphatic heterocycles. The van der Waals surface area contributed by atoms with Crippen LogP contribution >= 0.6 is 0 Å². The Morgan fingerprint density at radius 3 is 2.20 bits per heavy atom. The number of esters is 1. The number of carbonyl (C=O) groups excluding carboxylic acids is 2. The summed E-state index contributed by atoms with van der Waals surface area (Å²) in [6, 6.07) is 13.4. The highest BCUT2D eigenvalue weighted by atomic mass is 16.5. The van der Waals surface area contributed by atoms with Crippen molar-refractivity contribution < 1.29 is 19.1 Å². The van der Waals surface area contributed by atoms with Gasteiger partial charge in [-0.25, -0.2) is 0 Å². The molecule has 0 aliphatic carbocycles. The molecule has 0 fully saturated rings. The number of hydrogen-bond acceptors (Lipinski definition) is 4. The minimum atomic E-state index is -0.418. The molecule has 2 aromatic carbocycles. The maximum Gasteiger partial charge on any atom is 0.308 e. The third kappa shape index (κ3) is 3.23. The summed E-state index contributed by atoms with van der Waals surface area (Å²) in [4.78, 5) is 23.2. The van der Waals surface area contributed by atoms with E-state index in [2.05, 4.69) is 0 Å². The van der Waals surface area contributed by atoms with Crippen LogP contribution in [0, 0.1) is 0 Å². The lowest BCUT2D eigenvalue weighted by Gasteiger charge is -2.05. The number of rotatable bonds is 4. The van der Waals surface area contributed by atoms with Gasteiger partial charge < -0.3 is 9.47 Å². The Labute approximate surface area is 116 Å². The molecular weight excluding hydrogens is 256 g/mol. The van der Waals surface area contributed by atoms with Crippen molar-refractivity contribution in [3.63, 3.8) is 0 Å². The minimum Gasteiger partial charge on any atom is -0.497 e. The first-order valence-electron chi connectivity index (χ1n) is 6.07. The van der Waals surface area contributed by atoms with Crippen LogP contribution in [-0.2, 0) is 4.79 Å². The van der Waals surface area contributed by atoms with Gasteiger partial charge in [0.15, 0.2) is 5.78 Å². The summed E-state index contributed by atoms with van der Waals surface area (Å²) in [5.41, 5.74) is 1.01. The summed E-state index contributed by atoms with van der Waals surface area (Å²) in [6.45, 7) is 1.32. The van der Waals surface area contributed by atoms with Gasteiger partial charge in [-0.05, 0) is 36.4 Å². The monoisotopic (exact) mass is 270 g/mol. The first-order valence-corrected chi connectivity index (χ1v) is 6.07. The van der Waals surface area contributed by atoms with E-state index < -0.39 is 5.97 Å². The lowest BCUT2D eigenvalue weighted by molar-refractivity contribution is -0.131. The largest absolute Gasteiger partial charge is 0.497 e. The maximum atomic E-state index is 12.3. The number of ketones is 1. The van der Waals surface area contributed by atoms with Crippen molar-refractivity contribution in [2.45, 2.75) is 6.92 Å². The Balaban J connectivity index is 2.25. The highest BCUT2D eigenvalue weighted by Crippen LogP contribution is 2.18. The average Bonchev–Trinajstić information content (AvgIpc) is 2.46. The molecule has 4 nitrogen and oxygen atoms in total. The van der Waals surface area contributed by atoms with E-state index in [1.807, 2.05) is 0 Å². The third-order valence-corrected chi connectivity index (χ3v) is 2.71. The lowest BCUT2D eigenvalue weighted by atomic mass is 10.0. The minimum absolute atomic E-state index is 0.137. The van der Waals surface area contributed by atoms with Gasteiger partial charge in [0.05, 0.1) is 7.11 Å². The molecular formula is C16H14O4. The first kappa shape index (κ1) is 13.8. The summed E-state index contributed by atoms with van der Waals surface area (Å²) < 4.78 is 10.0. The summed E-state index contributed by atoms with van der Waals surface area (Å²) >= 11 is 0. The molecule has 0 saturated carbocycles. The molecule has 2 aromatic rings. The van der Waals surface area contributed by atoms with Crippen molar-refractivity contribution in [1.29, 1.82) is 0 Å². The molecule has 0 saturated heterocycles. The maximum absolute atomic E-state index is 12.3. The predicted octanol–water partition coefficient (Wildman–Crippen LogP) is 2.85. The quantitative estimate of drug-likeness (QED) is 0.487. The van der Waals surface area contributed by atoms with Crippen LogP contribution < -0.4 is 9.47 Å². The highest BCUT2D eigenvalue weighted by molar-refractivity contribution is 6.09. The summed E-state index contributed by atoms with van der Waals surface area (Å²) in [7, 11) is 1.57. The molecule has 102 valence electrons. The smallest absolute Gasteiger partial charge is 0.308 e. The molecule has 0 heterocycles. The molecule has 0 bridgehead atoms. The second-order valence-electron chi connectivity index (χ2n) is 4.18. The van der Waals surface area contributed by atoms with E-state index in [1.54, 1.807) is 55.6 Å². The van der Waals surface area contributed by atoms with Crippen LogP contribution in [0.4, 0.5) is 0 Å². The van der Waals surface area contributed by atoms with Gasteiger partial charge in [-0.15, -0.1) is 0 Å². The number of benzene rings is 2. The van der Waals surface area contributed by atoms with E-state index >= 15 is 0 Å². The van der Waals surface area contributed by atoms with Gasteiger partial charge in [0.2, 0.25) is 0 Å². The summed E-state index contributed by atoms with van der Waals surface area (Å²) in [5.74, 6) is 0.493. The van der Waals surface area contributed by atoms with Crippen LogP contribution in [0.15, 0.2) is 48.5 Å². The molecule has 0 unspecified atom stereocenters. The van der Waals surface area contributed by atoms with Crippen LogP contribution in [0.1, 0.15) is 22.8 Å². The van der Waals surface area contributed by atoms with Crippen molar-refractivity contribution in [2.75, 3.05) is 7.11 Å². The van der Waals surface area contributed by atoms with Crippen molar-refractivity contribution in [2.24, 2.45) is 0 Å². The van der Waals surface area contributed by atoms with Crippen LogP contribution in [0.3, 0.4) is 0 Å². The van der Waals surface area contributed by atoms with Crippen molar-refractivity contribution in [3.8, 4) is 11.5 Å². The first-order chi connectivity index (χ1) is 9.60. The number of methoxy groups -OCH3 is 1. The molecule has 0 aromatic heterocycles. The van der Waals surface area contributed by atoms with Gasteiger partial charge in [0.1, 0.15) is 11.5 Å². The van der Waals surface area contributed by atoms with Crippen LogP contribution in [0.5, 0.6) is 11.5 Å². The Kier molecular flexibility index (Phi) is 4.15. The van der Waals surface area contributed by atoms with Gasteiger partial charge in [-0.2, -0.15) is 0 Å².